The average molecular weight is 363 g/mol. The highest BCUT2D eigenvalue weighted by molar-refractivity contribution is 5.79. The van der Waals surface area contributed by atoms with E-state index < -0.39 is 24.0 Å². The molecule has 0 fully saturated rings. The predicted octanol–water partition coefficient (Wildman–Crippen LogP) is 3.90. The maximum Gasteiger partial charge on any atom is 0.379 e. The maximum absolute atomic E-state index is 14.9. The fourth-order valence-electron chi connectivity index (χ4n) is 2.69. The van der Waals surface area contributed by atoms with Gasteiger partial charge in [0.15, 0.2) is 0 Å². The van der Waals surface area contributed by atoms with Crippen molar-refractivity contribution in [3.05, 3.63) is 71.8 Å². The van der Waals surface area contributed by atoms with Gasteiger partial charge in [-0.1, -0.05) is 60.7 Å². The number of methoxy groups -OCH3 is 1. The predicted molar refractivity (Wildman–Crippen MR) is 95.0 cm³/mol. The summed E-state index contributed by atoms with van der Waals surface area (Å²) in [5, 5.41) is 2.89. The summed E-state index contributed by atoms with van der Waals surface area (Å²) >= 11 is 0. The Morgan fingerprint density at radius 2 is 1.58 bits per heavy atom. The van der Waals surface area contributed by atoms with Crippen LogP contribution in [-0.2, 0) is 14.3 Å². The third-order valence-corrected chi connectivity index (χ3v) is 3.95. The molecule has 2 atom stereocenters. The Morgan fingerprint density at radius 1 is 1.04 bits per heavy atom. The number of nitrogens with one attached hydrogen (secondary N) is 1. The highest BCUT2D eigenvalue weighted by Crippen LogP contribution is 2.35. The first-order valence-corrected chi connectivity index (χ1v) is 8.40. The average Bonchev–Trinajstić information content (AvgIpc) is 2.66. The van der Waals surface area contributed by atoms with Crippen molar-refractivity contribution in [2.45, 2.75) is 24.9 Å². The van der Waals surface area contributed by atoms with Gasteiger partial charge in [0.1, 0.15) is 6.04 Å². The van der Waals surface area contributed by atoms with Crippen LogP contribution >= 0.6 is 0 Å². The van der Waals surface area contributed by atoms with Gasteiger partial charge >= 0.3 is 11.9 Å². The standard InChI is InChI=1S/C20H23F2NO3/c1-3-26-19(24)20(21,22)18(16-12-8-5-9-13-16)23-17(14-25-2)15-10-6-4-7-11-15/h4-13,17-18,23H,3,14H2,1-2H3/t17-,18?/m0/s1. The number of rotatable bonds is 9. The quantitative estimate of drug-likeness (QED) is 0.687. The molecule has 4 nitrogen and oxygen atoms in total. The van der Waals surface area contributed by atoms with Gasteiger partial charge in [0, 0.05) is 7.11 Å². The van der Waals surface area contributed by atoms with Gasteiger partial charge in [-0.15, -0.1) is 0 Å². The zero-order chi connectivity index (χ0) is 19.0. The monoisotopic (exact) mass is 363 g/mol. The molecule has 140 valence electrons. The molecule has 0 saturated carbocycles. The number of benzene rings is 2. The summed E-state index contributed by atoms with van der Waals surface area (Å²) < 4.78 is 39.6. The molecule has 2 aromatic rings. The number of hydrogen-bond acceptors (Lipinski definition) is 4. The molecule has 0 aliphatic rings. The van der Waals surface area contributed by atoms with E-state index in [1.54, 1.807) is 30.3 Å². The van der Waals surface area contributed by atoms with Gasteiger partial charge in [0.05, 0.1) is 19.3 Å². The van der Waals surface area contributed by atoms with Crippen LogP contribution in [0.3, 0.4) is 0 Å². The van der Waals surface area contributed by atoms with E-state index in [-0.39, 0.29) is 13.2 Å². The van der Waals surface area contributed by atoms with Gasteiger partial charge in [0.2, 0.25) is 0 Å². The molecule has 0 heterocycles. The summed E-state index contributed by atoms with van der Waals surface area (Å²) in [6, 6.07) is 15.2. The van der Waals surface area contributed by atoms with E-state index in [0.717, 1.165) is 5.56 Å². The summed E-state index contributed by atoms with van der Waals surface area (Å²) in [6.07, 6.45) is 0. The minimum absolute atomic E-state index is 0.115. The van der Waals surface area contributed by atoms with Gasteiger partial charge in [-0.2, -0.15) is 8.78 Å². The van der Waals surface area contributed by atoms with E-state index in [1.807, 2.05) is 30.3 Å². The lowest BCUT2D eigenvalue weighted by molar-refractivity contribution is -0.177. The van der Waals surface area contributed by atoms with E-state index in [9.17, 15) is 13.6 Å². The Hall–Kier alpha value is -2.31. The largest absolute Gasteiger partial charge is 0.462 e. The van der Waals surface area contributed by atoms with Crippen LogP contribution in [0.15, 0.2) is 60.7 Å². The van der Waals surface area contributed by atoms with Crippen molar-refractivity contribution in [1.82, 2.24) is 5.32 Å². The van der Waals surface area contributed by atoms with Gasteiger partial charge in [0.25, 0.3) is 0 Å². The number of ether oxygens (including phenoxy) is 2. The number of halogens is 2. The molecule has 2 rings (SSSR count). The van der Waals surface area contributed by atoms with Crippen LogP contribution in [0.25, 0.3) is 0 Å². The van der Waals surface area contributed by atoms with E-state index >= 15 is 0 Å². The summed E-state index contributed by atoms with van der Waals surface area (Å²) in [6.45, 7) is 1.55. The Kier molecular flexibility index (Phi) is 7.24. The van der Waals surface area contributed by atoms with Crippen LogP contribution in [0.1, 0.15) is 30.1 Å². The van der Waals surface area contributed by atoms with Crippen molar-refractivity contribution < 1.29 is 23.0 Å². The van der Waals surface area contributed by atoms with Crippen LogP contribution < -0.4 is 5.32 Å². The molecule has 0 amide bonds. The molecule has 0 spiro atoms. The fraction of sp³-hybridized carbons (Fsp3) is 0.350. The van der Waals surface area contributed by atoms with Crippen molar-refractivity contribution >= 4 is 5.97 Å². The second-order valence-electron chi connectivity index (χ2n) is 5.77. The lowest BCUT2D eigenvalue weighted by Gasteiger charge is -2.30. The van der Waals surface area contributed by atoms with E-state index in [2.05, 4.69) is 10.1 Å². The first kappa shape index (κ1) is 20.0. The SMILES string of the molecule is CCOC(=O)C(F)(F)C(N[C@@H](COC)c1ccccc1)c1ccccc1. The second kappa shape index (κ2) is 9.40. The molecule has 0 bridgehead atoms. The van der Waals surface area contributed by atoms with Crippen molar-refractivity contribution in [2.24, 2.45) is 0 Å². The number of hydrogen-bond donors (Lipinski definition) is 1. The molecule has 0 radical (unpaired) electrons. The van der Waals surface area contributed by atoms with Crippen molar-refractivity contribution in [3.8, 4) is 0 Å². The molecule has 0 aromatic heterocycles. The third kappa shape index (κ3) is 4.86. The summed E-state index contributed by atoms with van der Waals surface area (Å²) in [5.41, 5.74) is 1.08. The maximum atomic E-state index is 14.9. The van der Waals surface area contributed by atoms with Gasteiger partial charge in [-0.05, 0) is 18.1 Å². The molecule has 0 aliphatic carbocycles. The first-order valence-electron chi connectivity index (χ1n) is 8.40. The van der Waals surface area contributed by atoms with Crippen LogP contribution in [0.5, 0.6) is 0 Å². The molecule has 2 aromatic carbocycles. The lowest BCUT2D eigenvalue weighted by Crippen LogP contribution is -2.46. The number of alkyl halides is 2. The zero-order valence-corrected chi connectivity index (χ0v) is 14.8. The molecular weight excluding hydrogens is 340 g/mol. The molecule has 1 N–H and O–H groups in total. The van der Waals surface area contributed by atoms with Crippen molar-refractivity contribution in [2.75, 3.05) is 20.3 Å². The van der Waals surface area contributed by atoms with Gasteiger partial charge < -0.3 is 9.47 Å². The number of esters is 1. The highest BCUT2D eigenvalue weighted by Gasteiger charge is 2.50. The molecule has 0 aliphatic heterocycles. The zero-order valence-electron chi connectivity index (χ0n) is 14.8. The minimum atomic E-state index is -3.74. The highest BCUT2D eigenvalue weighted by atomic mass is 19.3. The van der Waals surface area contributed by atoms with Gasteiger partial charge in [-0.3, -0.25) is 5.32 Å². The molecule has 26 heavy (non-hydrogen) atoms. The van der Waals surface area contributed by atoms with Crippen LogP contribution in [0.2, 0.25) is 0 Å². The first-order chi connectivity index (χ1) is 12.5. The van der Waals surface area contributed by atoms with E-state index in [4.69, 9.17) is 4.74 Å². The number of carbonyl (C=O) groups is 1. The summed E-state index contributed by atoms with van der Waals surface area (Å²) in [7, 11) is 1.50. The second-order valence-corrected chi connectivity index (χ2v) is 5.77. The minimum Gasteiger partial charge on any atom is -0.462 e. The van der Waals surface area contributed by atoms with E-state index in [0.29, 0.717) is 5.56 Å². The Balaban J connectivity index is 2.38. The van der Waals surface area contributed by atoms with Crippen molar-refractivity contribution in [1.29, 1.82) is 0 Å². The molecule has 6 heteroatoms. The van der Waals surface area contributed by atoms with E-state index in [1.165, 1.54) is 14.0 Å². The van der Waals surface area contributed by atoms with Crippen molar-refractivity contribution in [3.63, 3.8) is 0 Å². The van der Waals surface area contributed by atoms with Crippen LogP contribution in [0.4, 0.5) is 8.78 Å². The number of carbonyl (C=O) groups excluding carboxylic acids is 1. The molecule has 0 saturated heterocycles. The normalized spacial score (nSPS) is 13.8. The summed E-state index contributed by atoms with van der Waals surface area (Å²) in [5.74, 6) is -5.29. The molecule has 1 unspecified atom stereocenters. The fourth-order valence-corrected chi connectivity index (χ4v) is 2.69. The summed E-state index contributed by atoms with van der Waals surface area (Å²) in [4.78, 5) is 11.9. The van der Waals surface area contributed by atoms with Crippen LogP contribution in [0, 0.1) is 0 Å². The Labute approximate surface area is 152 Å². The molecular formula is C20H23F2NO3. The van der Waals surface area contributed by atoms with Gasteiger partial charge in [-0.25, -0.2) is 4.79 Å². The lowest BCUT2D eigenvalue weighted by atomic mass is 9.97. The smallest absolute Gasteiger partial charge is 0.379 e. The Bertz CT molecular complexity index is 680. The topological polar surface area (TPSA) is 47.6 Å². The third-order valence-electron chi connectivity index (χ3n) is 3.95. The Morgan fingerprint density at radius 3 is 2.08 bits per heavy atom. The van der Waals surface area contributed by atoms with Crippen LogP contribution in [-0.4, -0.2) is 32.2 Å².